The van der Waals surface area contributed by atoms with Gasteiger partial charge in [-0.25, -0.2) is 0 Å². The van der Waals surface area contributed by atoms with Crippen LogP contribution in [-0.2, 0) is 4.74 Å². The first-order valence-corrected chi connectivity index (χ1v) is 9.07. The molecule has 0 aromatic heterocycles. The van der Waals surface area contributed by atoms with Crippen molar-refractivity contribution in [1.29, 1.82) is 0 Å². The van der Waals surface area contributed by atoms with Crippen molar-refractivity contribution >= 4 is 17.5 Å². The van der Waals surface area contributed by atoms with E-state index < -0.39 is 0 Å². The number of hydrogen-bond acceptors (Lipinski definition) is 4. The van der Waals surface area contributed by atoms with Crippen LogP contribution in [-0.4, -0.2) is 32.3 Å². The van der Waals surface area contributed by atoms with Gasteiger partial charge in [0.1, 0.15) is 13.2 Å². The van der Waals surface area contributed by atoms with Gasteiger partial charge in [-0.05, 0) is 31.0 Å². The zero-order chi connectivity index (χ0) is 18.4. The maximum absolute atomic E-state index is 12.3. The van der Waals surface area contributed by atoms with Crippen LogP contribution in [0.4, 0.5) is 0 Å². The van der Waals surface area contributed by atoms with Gasteiger partial charge >= 0.3 is 0 Å². The number of halogens is 1. The van der Waals surface area contributed by atoms with Crippen molar-refractivity contribution in [3.8, 4) is 11.5 Å². The van der Waals surface area contributed by atoms with Gasteiger partial charge in [0, 0.05) is 18.7 Å². The summed E-state index contributed by atoms with van der Waals surface area (Å²) in [6.07, 6.45) is 0.754. The van der Waals surface area contributed by atoms with Gasteiger partial charge in [0.05, 0.1) is 11.1 Å². The molecule has 0 saturated heterocycles. The second-order valence-corrected chi connectivity index (χ2v) is 6.42. The third-order valence-electron chi connectivity index (χ3n) is 4.10. The SMILES string of the molecule is CC(OCCCNC(=O)c1cc(Cl)c2c(c1)OCCO2)c1ccccc1. The molecule has 3 rings (SSSR count). The number of carbonyl (C=O) groups excluding carboxylic acids is 1. The first-order chi connectivity index (χ1) is 12.6. The van der Waals surface area contributed by atoms with Gasteiger partial charge in [0.2, 0.25) is 0 Å². The summed E-state index contributed by atoms with van der Waals surface area (Å²) in [7, 11) is 0. The standard InChI is InChI=1S/C20H22ClNO4/c1-14(15-6-3-2-4-7-15)24-9-5-8-22-20(23)16-12-17(21)19-18(13-16)25-10-11-26-19/h2-4,6-7,12-14H,5,8-11H2,1H3,(H,22,23). The molecule has 1 atom stereocenters. The molecule has 0 saturated carbocycles. The van der Waals surface area contributed by atoms with Crippen molar-refractivity contribution < 1.29 is 19.0 Å². The monoisotopic (exact) mass is 375 g/mol. The molecule has 6 heteroatoms. The summed E-state index contributed by atoms with van der Waals surface area (Å²) in [6.45, 7) is 4.01. The van der Waals surface area contributed by atoms with Crippen molar-refractivity contribution in [2.45, 2.75) is 19.4 Å². The lowest BCUT2D eigenvalue weighted by Gasteiger charge is -2.20. The molecule has 1 heterocycles. The molecule has 5 nitrogen and oxygen atoms in total. The van der Waals surface area contributed by atoms with Gasteiger partial charge in [-0.3, -0.25) is 4.79 Å². The second-order valence-electron chi connectivity index (χ2n) is 6.02. The van der Waals surface area contributed by atoms with Crippen LogP contribution in [0.25, 0.3) is 0 Å². The van der Waals surface area contributed by atoms with Crippen LogP contribution in [0.1, 0.15) is 35.4 Å². The van der Waals surface area contributed by atoms with E-state index in [1.54, 1.807) is 12.1 Å². The van der Waals surface area contributed by atoms with E-state index >= 15 is 0 Å². The largest absolute Gasteiger partial charge is 0.486 e. The highest BCUT2D eigenvalue weighted by Gasteiger charge is 2.19. The number of fused-ring (bicyclic) bond motifs is 1. The quantitative estimate of drug-likeness (QED) is 0.743. The van der Waals surface area contributed by atoms with E-state index in [1.807, 2.05) is 37.3 Å². The maximum atomic E-state index is 12.3. The zero-order valence-corrected chi connectivity index (χ0v) is 15.4. The number of amides is 1. The highest BCUT2D eigenvalue weighted by molar-refractivity contribution is 6.32. The minimum Gasteiger partial charge on any atom is -0.486 e. The summed E-state index contributed by atoms with van der Waals surface area (Å²) >= 11 is 6.16. The fourth-order valence-corrected chi connectivity index (χ4v) is 2.96. The van der Waals surface area contributed by atoms with Gasteiger partial charge in [-0.15, -0.1) is 0 Å². The minimum atomic E-state index is -0.194. The number of hydrogen-bond donors (Lipinski definition) is 1. The van der Waals surface area contributed by atoms with Gasteiger partial charge < -0.3 is 19.5 Å². The molecule has 1 aliphatic rings. The Bertz CT molecular complexity index is 751. The van der Waals surface area contributed by atoms with Crippen LogP contribution in [0, 0.1) is 0 Å². The topological polar surface area (TPSA) is 56.8 Å². The summed E-state index contributed by atoms with van der Waals surface area (Å²) in [5.41, 5.74) is 1.60. The smallest absolute Gasteiger partial charge is 0.251 e. The highest BCUT2D eigenvalue weighted by Crippen LogP contribution is 2.38. The summed E-state index contributed by atoms with van der Waals surface area (Å²) in [4.78, 5) is 12.3. The van der Waals surface area contributed by atoms with Crippen LogP contribution in [0.3, 0.4) is 0 Å². The van der Waals surface area contributed by atoms with Crippen LogP contribution in [0.5, 0.6) is 11.5 Å². The number of ether oxygens (including phenoxy) is 3. The fraction of sp³-hybridized carbons (Fsp3) is 0.350. The Morgan fingerprint density at radius 1 is 1.23 bits per heavy atom. The van der Waals surface area contributed by atoms with Crippen molar-refractivity contribution in [3.05, 3.63) is 58.6 Å². The number of nitrogens with one attached hydrogen (secondary N) is 1. The van der Waals surface area contributed by atoms with Crippen molar-refractivity contribution in [1.82, 2.24) is 5.32 Å². The Morgan fingerprint density at radius 2 is 2.00 bits per heavy atom. The molecule has 138 valence electrons. The summed E-state index contributed by atoms with van der Waals surface area (Å²) in [5.74, 6) is 0.812. The molecule has 1 N–H and O–H groups in total. The Kier molecular flexibility index (Phi) is 6.36. The van der Waals surface area contributed by atoms with E-state index in [-0.39, 0.29) is 12.0 Å². The molecule has 0 bridgehead atoms. The van der Waals surface area contributed by atoms with Gasteiger partial charge in [0.25, 0.3) is 5.91 Å². The fourth-order valence-electron chi connectivity index (χ4n) is 2.70. The Labute approximate surface area is 158 Å². The summed E-state index contributed by atoms with van der Waals surface area (Å²) in [6, 6.07) is 13.3. The van der Waals surface area contributed by atoms with Crippen LogP contribution < -0.4 is 14.8 Å². The summed E-state index contributed by atoms with van der Waals surface area (Å²) in [5, 5.41) is 3.25. The van der Waals surface area contributed by atoms with Gasteiger partial charge in [-0.2, -0.15) is 0 Å². The van der Waals surface area contributed by atoms with E-state index in [0.29, 0.717) is 48.5 Å². The van der Waals surface area contributed by atoms with E-state index in [1.165, 1.54) is 0 Å². The lowest BCUT2D eigenvalue weighted by Crippen LogP contribution is -2.26. The third kappa shape index (κ3) is 4.68. The van der Waals surface area contributed by atoms with Crippen LogP contribution >= 0.6 is 11.6 Å². The molecule has 0 fully saturated rings. The van der Waals surface area contributed by atoms with E-state index in [0.717, 1.165) is 12.0 Å². The third-order valence-corrected chi connectivity index (χ3v) is 4.38. The average Bonchev–Trinajstić information content (AvgIpc) is 2.68. The molecule has 2 aromatic carbocycles. The lowest BCUT2D eigenvalue weighted by molar-refractivity contribution is 0.0635. The van der Waals surface area contributed by atoms with Crippen LogP contribution in [0.2, 0.25) is 5.02 Å². The predicted molar refractivity (Wildman–Crippen MR) is 100 cm³/mol. The van der Waals surface area contributed by atoms with Gasteiger partial charge in [-0.1, -0.05) is 41.9 Å². The molecular formula is C20H22ClNO4. The maximum Gasteiger partial charge on any atom is 0.251 e. The zero-order valence-electron chi connectivity index (χ0n) is 14.7. The Hall–Kier alpha value is -2.24. The second kappa shape index (κ2) is 8.92. The number of rotatable bonds is 7. The highest BCUT2D eigenvalue weighted by atomic mass is 35.5. The van der Waals surface area contributed by atoms with Crippen molar-refractivity contribution in [2.24, 2.45) is 0 Å². The molecular weight excluding hydrogens is 354 g/mol. The minimum absolute atomic E-state index is 0.0310. The average molecular weight is 376 g/mol. The van der Waals surface area contributed by atoms with Crippen LogP contribution in [0.15, 0.2) is 42.5 Å². The lowest BCUT2D eigenvalue weighted by atomic mass is 10.1. The molecule has 1 unspecified atom stereocenters. The number of carbonyl (C=O) groups is 1. The Balaban J connectivity index is 1.44. The van der Waals surface area contributed by atoms with E-state index in [9.17, 15) is 4.79 Å². The molecule has 26 heavy (non-hydrogen) atoms. The first-order valence-electron chi connectivity index (χ1n) is 8.69. The molecule has 1 amide bonds. The molecule has 1 aliphatic heterocycles. The van der Waals surface area contributed by atoms with E-state index in [4.69, 9.17) is 25.8 Å². The number of benzene rings is 2. The molecule has 0 aliphatic carbocycles. The first kappa shape index (κ1) is 18.5. The molecule has 0 spiro atoms. The Morgan fingerprint density at radius 3 is 2.81 bits per heavy atom. The van der Waals surface area contributed by atoms with Crippen molar-refractivity contribution in [2.75, 3.05) is 26.4 Å². The van der Waals surface area contributed by atoms with Gasteiger partial charge in [0.15, 0.2) is 11.5 Å². The summed E-state index contributed by atoms with van der Waals surface area (Å²) < 4.78 is 16.8. The predicted octanol–water partition coefficient (Wildman–Crippen LogP) is 4.01. The molecule has 0 radical (unpaired) electrons. The van der Waals surface area contributed by atoms with Crippen molar-refractivity contribution in [3.63, 3.8) is 0 Å². The normalized spacial score (nSPS) is 13.9. The molecule has 2 aromatic rings. The van der Waals surface area contributed by atoms with E-state index in [2.05, 4.69) is 5.32 Å².